The quantitative estimate of drug-likeness (QED) is 0.0845. The van der Waals surface area contributed by atoms with E-state index >= 15 is 0 Å². The van der Waals surface area contributed by atoms with Crippen LogP contribution in [0, 0.1) is 10.1 Å². The molecule has 0 aliphatic carbocycles. The number of rotatable bonds is 9. The summed E-state index contributed by atoms with van der Waals surface area (Å²) in [5.41, 5.74) is 1.20. The van der Waals surface area contributed by atoms with E-state index in [1.807, 2.05) is 18.2 Å². The molecule has 1 aliphatic rings. The number of methoxy groups -OCH3 is 1. The number of para-hydroxylation sites is 1. The molecule has 1 saturated heterocycles. The molecule has 36 heavy (non-hydrogen) atoms. The number of hydrogen-bond acceptors (Lipinski definition) is 9. The van der Waals surface area contributed by atoms with E-state index in [0.717, 1.165) is 40.7 Å². The molecule has 3 aromatic rings. The first-order chi connectivity index (χ1) is 17.2. The molecule has 0 amide bonds. The second-order valence-electron chi connectivity index (χ2n) is 8.31. The van der Waals surface area contributed by atoms with Crippen molar-refractivity contribution in [3.05, 3.63) is 58.8 Å². The van der Waals surface area contributed by atoms with Gasteiger partial charge >= 0.3 is 0 Å². The van der Waals surface area contributed by atoms with E-state index in [1.54, 1.807) is 25.1 Å². The summed E-state index contributed by atoms with van der Waals surface area (Å²) in [7, 11) is -0.856. The zero-order valence-corrected chi connectivity index (χ0v) is 23.6. The zero-order valence-electron chi connectivity index (χ0n) is 19.8. The lowest BCUT2D eigenvalue weighted by Gasteiger charge is -2.39. The van der Waals surface area contributed by atoms with Crippen LogP contribution in [0.1, 0.15) is 12.8 Å². The lowest BCUT2D eigenvalue weighted by molar-refractivity contribution is -0.387. The van der Waals surface area contributed by atoms with Crippen LogP contribution in [-0.2, 0) is 10.0 Å². The molecule has 0 radical (unpaired) electrons. The van der Waals surface area contributed by atoms with Crippen molar-refractivity contribution in [1.82, 2.24) is 19.2 Å². The number of aromatic nitrogens is 2. The highest BCUT2D eigenvalue weighted by atomic mass is 127. The highest BCUT2D eigenvalue weighted by Crippen LogP contribution is 2.32. The van der Waals surface area contributed by atoms with E-state index in [-0.39, 0.29) is 15.0 Å². The Balaban J connectivity index is 1.35. The molecule has 0 saturated carbocycles. The molecule has 10 nitrogen and oxygen atoms in total. The molecule has 2 aromatic carbocycles. The first-order valence-electron chi connectivity index (χ1n) is 11.2. The van der Waals surface area contributed by atoms with Gasteiger partial charge in [-0.15, -0.1) is 11.8 Å². The van der Waals surface area contributed by atoms with Gasteiger partial charge in [0.05, 0.1) is 33.3 Å². The highest BCUT2D eigenvalue weighted by molar-refractivity contribution is 14.1. The van der Waals surface area contributed by atoms with Gasteiger partial charge in [0.15, 0.2) is 4.90 Å². The summed E-state index contributed by atoms with van der Waals surface area (Å²) in [5.74, 6) is 1.56. The summed E-state index contributed by atoms with van der Waals surface area (Å²) < 4.78 is 33.1. The maximum absolute atomic E-state index is 13.2. The molecule has 192 valence electrons. The van der Waals surface area contributed by atoms with Crippen molar-refractivity contribution in [2.45, 2.75) is 32.9 Å². The summed E-state index contributed by atoms with van der Waals surface area (Å²) in [6, 6.07) is 10.9. The molecule has 2 heterocycles. The molecular formula is C23H26IN5O5S2. The Labute approximate surface area is 227 Å². The predicted octanol–water partition coefficient (Wildman–Crippen LogP) is 4.18. The van der Waals surface area contributed by atoms with Crippen molar-refractivity contribution in [2.24, 2.45) is 0 Å². The van der Waals surface area contributed by atoms with Crippen molar-refractivity contribution < 1.29 is 18.1 Å². The van der Waals surface area contributed by atoms with Crippen LogP contribution in [0.2, 0.25) is 0 Å². The number of ether oxygens (including phenoxy) is 1. The summed E-state index contributed by atoms with van der Waals surface area (Å²) in [4.78, 5) is 21.9. The van der Waals surface area contributed by atoms with Gasteiger partial charge in [0, 0.05) is 44.1 Å². The Bertz CT molecular complexity index is 1360. The summed E-state index contributed by atoms with van der Waals surface area (Å²) >= 11 is 3.97. The van der Waals surface area contributed by atoms with Crippen LogP contribution in [0.15, 0.2) is 58.6 Å². The Morgan fingerprint density at radius 1 is 1.28 bits per heavy atom. The number of piperidine rings is 1. The first-order valence-corrected chi connectivity index (χ1v) is 14.9. The maximum Gasteiger partial charge on any atom is 0.289 e. The van der Waals surface area contributed by atoms with Gasteiger partial charge in [0.25, 0.3) is 5.69 Å². The molecule has 4 rings (SSSR count). The molecule has 1 aliphatic heterocycles. The topological polar surface area (TPSA) is 119 Å². The zero-order chi connectivity index (χ0) is 25.9. The molecule has 0 bridgehead atoms. The third-order valence-corrected chi connectivity index (χ3v) is 10.3. The van der Waals surface area contributed by atoms with Crippen LogP contribution < -0.4 is 4.74 Å². The third-order valence-electron chi connectivity index (χ3n) is 6.20. The monoisotopic (exact) mass is 643 g/mol. The van der Waals surface area contributed by atoms with Gasteiger partial charge in [-0.25, -0.2) is 13.4 Å². The Morgan fingerprint density at radius 3 is 2.78 bits per heavy atom. The Morgan fingerprint density at radius 2 is 2.06 bits per heavy atom. The largest absolute Gasteiger partial charge is 0.497 e. The lowest BCUT2D eigenvalue weighted by Crippen LogP contribution is -2.48. The summed E-state index contributed by atoms with van der Waals surface area (Å²) in [6.07, 6.45) is 3.06. The van der Waals surface area contributed by atoms with Crippen LogP contribution in [0.5, 0.6) is 5.75 Å². The van der Waals surface area contributed by atoms with E-state index in [9.17, 15) is 18.5 Å². The molecule has 0 spiro atoms. The number of sulfonamides is 1. The smallest absolute Gasteiger partial charge is 0.289 e. The standard InChI is InChI=1S/C23H26IN5O5S2/c1-27(36(32,33)21-6-4-3-5-20(21)29(30)31)16-9-10-28(22(24)13-16)11-12-35-23-15-25-18-8-7-17(34-2)14-19(18)26-23/h3-8,14-16,22H,9-13H2,1-2H3. The summed E-state index contributed by atoms with van der Waals surface area (Å²) in [6.45, 7) is 1.56. The summed E-state index contributed by atoms with van der Waals surface area (Å²) in [5, 5.41) is 12.2. The fourth-order valence-corrected chi connectivity index (χ4v) is 7.67. The Kier molecular flexibility index (Phi) is 8.65. The van der Waals surface area contributed by atoms with E-state index in [4.69, 9.17) is 4.74 Å². The minimum absolute atomic E-state index is 0.136. The molecular weight excluding hydrogens is 617 g/mol. The van der Waals surface area contributed by atoms with Gasteiger partial charge in [0.1, 0.15) is 10.8 Å². The number of alkyl halides is 1. The van der Waals surface area contributed by atoms with E-state index in [1.165, 1.54) is 35.6 Å². The molecule has 2 atom stereocenters. The number of thioether (sulfide) groups is 1. The first kappa shape index (κ1) is 27.0. The number of benzene rings is 2. The highest BCUT2D eigenvalue weighted by Gasteiger charge is 2.37. The number of halogens is 1. The second-order valence-corrected chi connectivity index (χ2v) is 12.8. The van der Waals surface area contributed by atoms with Crippen LogP contribution >= 0.6 is 34.4 Å². The third kappa shape index (κ3) is 5.90. The van der Waals surface area contributed by atoms with E-state index in [0.29, 0.717) is 12.8 Å². The van der Waals surface area contributed by atoms with Gasteiger partial charge in [-0.05, 0) is 31.0 Å². The fourth-order valence-electron chi connectivity index (χ4n) is 4.14. The van der Waals surface area contributed by atoms with Gasteiger partial charge < -0.3 is 4.74 Å². The normalized spacial score (nSPS) is 19.0. The van der Waals surface area contributed by atoms with Gasteiger partial charge in [0.2, 0.25) is 10.0 Å². The minimum Gasteiger partial charge on any atom is -0.497 e. The van der Waals surface area contributed by atoms with Crippen molar-refractivity contribution in [3.63, 3.8) is 0 Å². The van der Waals surface area contributed by atoms with Gasteiger partial charge in [-0.2, -0.15) is 4.31 Å². The maximum atomic E-state index is 13.2. The lowest BCUT2D eigenvalue weighted by atomic mass is 10.1. The van der Waals surface area contributed by atoms with Crippen LogP contribution in [-0.4, -0.2) is 75.6 Å². The van der Waals surface area contributed by atoms with Gasteiger partial charge in [-0.1, -0.05) is 34.7 Å². The van der Waals surface area contributed by atoms with Crippen molar-refractivity contribution in [2.75, 3.05) is 33.0 Å². The average Bonchev–Trinajstić information content (AvgIpc) is 2.88. The second kappa shape index (κ2) is 11.5. The van der Waals surface area contributed by atoms with Crippen LogP contribution in [0.3, 0.4) is 0 Å². The van der Waals surface area contributed by atoms with Crippen molar-refractivity contribution in [1.29, 1.82) is 0 Å². The average molecular weight is 644 g/mol. The number of nitrogens with zero attached hydrogens (tertiary/aromatic N) is 5. The van der Waals surface area contributed by atoms with Crippen LogP contribution in [0.4, 0.5) is 5.69 Å². The molecule has 1 aromatic heterocycles. The van der Waals surface area contributed by atoms with Crippen molar-refractivity contribution >= 4 is 61.1 Å². The Hall–Kier alpha value is -2.07. The number of likely N-dealkylation sites (tertiary alicyclic amines) is 1. The van der Waals surface area contributed by atoms with Gasteiger partial charge in [-0.3, -0.25) is 20.0 Å². The number of hydrogen-bond donors (Lipinski definition) is 0. The number of fused-ring (bicyclic) bond motifs is 1. The fraction of sp³-hybridized carbons (Fsp3) is 0.391. The molecule has 2 unspecified atom stereocenters. The van der Waals surface area contributed by atoms with Crippen molar-refractivity contribution in [3.8, 4) is 5.75 Å². The minimum atomic E-state index is -3.99. The predicted molar refractivity (Wildman–Crippen MR) is 147 cm³/mol. The SMILES string of the molecule is COc1ccc2ncc(SCCN3CCC(N(C)S(=O)(=O)c4ccccc4[N+](=O)[O-])CC3I)nc2c1. The molecule has 13 heteroatoms. The molecule has 0 N–H and O–H groups in total. The number of nitro benzene ring substituents is 1. The number of nitro groups is 1. The van der Waals surface area contributed by atoms with Crippen LogP contribution in [0.25, 0.3) is 11.0 Å². The van der Waals surface area contributed by atoms with E-state index in [2.05, 4.69) is 37.5 Å². The van der Waals surface area contributed by atoms with E-state index < -0.39 is 20.6 Å². The molecule has 1 fully saturated rings.